The molecule has 20 heavy (non-hydrogen) atoms. The molecule has 0 saturated heterocycles. The third kappa shape index (κ3) is 5.67. The van der Waals surface area contributed by atoms with Crippen LogP contribution in [-0.4, -0.2) is 14.9 Å². The van der Waals surface area contributed by atoms with Gasteiger partial charge in [-0.05, 0) is 50.5 Å². The quantitative estimate of drug-likeness (QED) is 0.370. The number of hydrogen-bond donors (Lipinski definition) is 0. The van der Waals surface area contributed by atoms with Crippen molar-refractivity contribution in [2.24, 2.45) is 0 Å². The molecule has 0 bridgehead atoms. The molecule has 0 fully saturated rings. The lowest BCUT2D eigenvalue weighted by molar-refractivity contribution is 0.327. The SMILES string of the molecule is CCO[Si](C)(C)CCCCCc1cc(F)c(F)cc1F. The molecule has 0 atom stereocenters. The van der Waals surface area contributed by atoms with E-state index in [1.807, 2.05) is 6.92 Å². The summed E-state index contributed by atoms with van der Waals surface area (Å²) in [5, 5.41) is 0. The molecule has 0 heterocycles. The van der Waals surface area contributed by atoms with Gasteiger partial charge in [-0.2, -0.15) is 0 Å². The van der Waals surface area contributed by atoms with Gasteiger partial charge in [0.25, 0.3) is 0 Å². The molecule has 114 valence electrons. The van der Waals surface area contributed by atoms with E-state index in [1.54, 1.807) is 0 Å². The average molecular weight is 304 g/mol. The molecular weight excluding hydrogens is 281 g/mol. The lowest BCUT2D eigenvalue weighted by Crippen LogP contribution is -2.29. The number of unbranched alkanes of at least 4 members (excludes halogenated alkanes) is 2. The Hall–Kier alpha value is -0.813. The van der Waals surface area contributed by atoms with Crippen molar-refractivity contribution in [1.82, 2.24) is 0 Å². The van der Waals surface area contributed by atoms with Crippen molar-refractivity contribution in [1.29, 1.82) is 0 Å². The summed E-state index contributed by atoms with van der Waals surface area (Å²) in [6.45, 7) is 7.12. The Balaban J connectivity index is 2.33. The van der Waals surface area contributed by atoms with Crippen LogP contribution in [0.1, 0.15) is 31.7 Å². The molecular formula is C15H23F3OSi. The van der Waals surface area contributed by atoms with Crippen LogP contribution in [0.3, 0.4) is 0 Å². The zero-order valence-electron chi connectivity index (χ0n) is 12.4. The number of aryl methyl sites for hydroxylation is 1. The van der Waals surface area contributed by atoms with Gasteiger partial charge in [-0.3, -0.25) is 0 Å². The first kappa shape index (κ1) is 17.2. The molecule has 0 spiro atoms. The highest BCUT2D eigenvalue weighted by Gasteiger charge is 2.20. The van der Waals surface area contributed by atoms with Crippen molar-refractivity contribution in [2.45, 2.75) is 51.7 Å². The Morgan fingerprint density at radius 3 is 2.25 bits per heavy atom. The van der Waals surface area contributed by atoms with Crippen molar-refractivity contribution < 1.29 is 17.6 Å². The summed E-state index contributed by atoms with van der Waals surface area (Å²) in [6.07, 6.45) is 3.20. The van der Waals surface area contributed by atoms with E-state index in [9.17, 15) is 13.2 Å². The summed E-state index contributed by atoms with van der Waals surface area (Å²) < 4.78 is 44.9. The zero-order chi connectivity index (χ0) is 15.2. The molecule has 5 heteroatoms. The van der Waals surface area contributed by atoms with E-state index in [4.69, 9.17) is 4.43 Å². The smallest absolute Gasteiger partial charge is 0.186 e. The van der Waals surface area contributed by atoms with Crippen LogP contribution >= 0.6 is 0 Å². The predicted octanol–water partition coefficient (Wildman–Crippen LogP) is 5.06. The lowest BCUT2D eigenvalue weighted by atomic mass is 10.1. The summed E-state index contributed by atoms with van der Waals surface area (Å²) >= 11 is 0. The highest BCUT2D eigenvalue weighted by Crippen LogP contribution is 2.19. The van der Waals surface area contributed by atoms with E-state index >= 15 is 0 Å². The van der Waals surface area contributed by atoms with Crippen LogP contribution in [0.15, 0.2) is 12.1 Å². The normalized spacial score (nSPS) is 11.9. The average Bonchev–Trinajstić information content (AvgIpc) is 2.34. The first-order valence-electron chi connectivity index (χ1n) is 7.13. The molecule has 0 unspecified atom stereocenters. The molecule has 0 aromatic heterocycles. The van der Waals surface area contributed by atoms with Crippen LogP contribution < -0.4 is 0 Å². The van der Waals surface area contributed by atoms with Gasteiger partial charge in [-0.15, -0.1) is 0 Å². The van der Waals surface area contributed by atoms with E-state index in [2.05, 4.69) is 13.1 Å². The molecule has 1 rings (SSSR count). The van der Waals surface area contributed by atoms with Crippen LogP contribution in [0, 0.1) is 17.5 Å². The van der Waals surface area contributed by atoms with Gasteiger partial charge < -0.3 is 4.43 Å². The van der Waals surface area contributed by atoms with Gasteiger partial charge in [-0.1, -0.05) is 12.8 Å². The maximum Gasteiger partial charge on any atom is 0.186 e. The van der Waals surface area contributed by atoms with Crippen LogP contribution in [0.4, 0.5) is 13.2 Å². The third-order valence-electron chi connectivity index (χ3n) is 3.35. The van der Waals surface area contributed by atoms with Crippen LogP contribution in [0.25, 0.3) is 0 Å². The maximum absolute atomic E-state index is 13.4. The third-order valence-corrected chi connectivity index (χ3v) is 5.98. The van der Waals surface area contributed by atoms with E-state index in [1.165, 1.54) is 0 Å². The number of rotatable bonds is 8. The molecule has 0 saturated carbocycles. The second-order valence-electron chi connectivity index (χ2n) is 5.61. The first-order chi connectivity index (χ1) is 9.35. The fourth-order valence-electron chi connectivity index (χ4n) is 2.26. The summed E-state index contributed by atoms with van der Waals surface area (Å²) in [7, 11) is -1.54. The molecule has 0 aliphatic rings. The van der Waals surface area contributed by atoms with Crippen LogP contribution in [0.5, 0.6) is 0 Å². The van der Waals surface area contributed by atoms with Crippen molar-refractivity contribution in [3.63, 3.8) is 0 Å². The molecule has 0 aliphatic heterocycles. The highest BCUT2D eigenvalue weighted by atomic mass is 28.4. The van der Waals surface area contributed by atoms with Crippen molar-refractivity contribution in [3.8, 4) is 0 Å². The molecule has 0 aliphatic carbocycles. The minimum absolute atomic E-state index is 0.255. The lowest BCUT2D eigenvalue weighted by Gasteiger charge is -2.21. The first-order valence-corrected chi connectivity index (χ1v) is 10.2. The highest BCUT2D eigenvalue weighted by molar-refractivity contribution is 6.71. The number of benzene rings is 1. The summed E-state index contributed by atoms with van der Waals surface area (Å²) in [5.74, 6) is -2.77. The van der Waals surface area contributed by atoms with Crippen LogP contribution in [0.2, 0.25) is 19.1 Å². The Kier molecular flexibility index (Phi) is 6.75. The molecule has 1 nitrogen and oxygen atoms in total. The molecule has 0 N–H and O–H groups in total. The number of halogens is 3. The molecule has 1 aromatic carbocycles. The van der Waals surface area contributed by atoms with Gasteiger partial charge in [-0.25, -0.2) is 13.2 Å². The van der Waals surface area contributed by atoms with Gasteiger partial charge in [0.15, 0.2) is 20.0 Å². The summed E-state index contributed by atoms with van der Waals surface area (Å²) in [4.78, 5) is 0. The maximum atomic E-state index is 13.4. The Bertz CT molecular complexity index is 435. The molecule has 0 radical (unpaired) electrons. The van der Waals surface area contributed by atoms with Crippen molar-refractivity contribution >= 4 is 8.32 Å². The second-order valence-corrected chi connectivity index (χ2v) is 9.92. The van der Waals surface area contributed by atoms with Crippen molar-refractivity contribution in [3.05, 3.63) is 35.1 Å². The number of hydrogen-bond acceptors (Lipinski definition) is 1. The molecule has 1 aromatic rings. The zero-order valence-corrected chi connectivity index (χ0v) is 13.4. The fourth-order valence-corrected chi connectivity index (χ4v) is 4.29. The monoisotopic (exact) mass is 304 g/mol. The van der Waals surface area contributed by atoms with Gasteiger partial charge in [0.2, 0.25) is 0 Å². The van der Waals surface area contributed by atoms with E-state index < -0.39 is 25.8 Å². The van der Waals surface area contributed by atoms with Gasteiger partial charge in [0.05, 0.1) is 0 Å². The Morgan fingerprint density at radius 2 is 1.60 bits per heavy atom. The van der Waals surface area contributed by atoms with E-state index in [0.29, 0.717) is 12.5 Å². The van der Waals surface area contributed by atoms with Crippen molar-refractivity contribution in [2.75, 3.05) is 6.61 Å². The van der Waals surface area contributed by atoms with E-state index in [-0.39, 0.29) is 5.56 Å². The van der Waals surface area contributed by atoms with E-state index in [0.717, 1.165) is 38.0 Å². The standard InChI is InChI=1S/C15H23F3OSi/c1-4-19-20(2,3)9-7-5-6-8-12-10-14(17)15(18)11-13(12)16/h10-11H,4-9H2,1-3H3. The largest absolute Gasteiger partial charge is 0.418 e. The van der Waals surface area contributed by atoms with Gasteiger partial charge in [0, 0.05) is 12.7 Å². The minimum atomic E-state index is -1.54. The topological polar surface area (TPSA) is 9.23 Å². The van der Waals surface area contributed by atoms with Gasteiger partial charge >= 0.3 is 0 Å². The second kappa shape index (κ2) is 7.83. The summed E-state index contributed by atoms with van der Waals surface area (Å²) in [6, 6.07) is 2.65. The summed E-state index contributed by atoms with van der Waals surface area (Å²) in [5.41, 5.74) is 0.255. The minimum Gasteiger partial charge on any atom is -0.418 e. The van der Waals surface area contributed by atoms with Gasteiger partial charge in [0.1, 0.15) is 5.82 Å². The Labute approximate surface area is 120 Å². The molecule has 0 amide bonds. The Morgan fingerprint density at radius 1 is 0.950 bits per heavy atom. The predicted molar refractivity (Wildman–Crippen MR) is 77.8 cm³/mol. The van der Waals surface area contributed by atoms with Crippen LogP contribution in [-0.2, 0) is 10.8 Å². The fraction of sp³-hybridized carbons (Fsp3) is 0.600.